The summed E-state index contributed by atoms with van der Waals surface area (Å²) in [5.74, 6) is 0.0475. The number of benzene rings is 2. The minimum absolute atomic E-state index is 0.0475. The number of aromatic nitrogens is 2. The number of fused-ring (bicyclic) bond motifs is 1. The molecule has 1 atom stereocenters. The zero-order chi connectivity index (χ0) is 19.7. The molecule has 1 unspecified atom stereocenters. The third kappa shape index (κ3) is 3.45. The summed E-state index contributed by atoms with van der Waals surface area (Å²) in [6.45, 7) is 2.46. The van der Waals surface area contributed by atoms with Crippen LogP contribution in [0.25, 0.3) is 11.0 Å². The lowest BCUT2D eigenvalue weighted by atomic mass is 10.0. The molecule has 2 heterocycles. The van der Waals surface area contributed by atoms with E-state index >= 15 is 0 Å². The number of aryl methyl sites for hydroxylation is 2. The van der Waals surface area contributed by atoms with E-state index in [2.05, 4.69) is 5.32 Å². The maximum absolute atomic E-state index is 13.0. The Morgan fingerprint density at radius 1 is 1.18 bits per heavy atom. The van der Waals surface area contributed by atoms with Gasteiger partial charge in [-0.1, -0.05) is 35.9 Å². The fourth-order valence-corrected chi connectivity index (χ4v) is 4.14. The van der Waals surface area contributed by atoms with Gasteiger partial charge in [0.2, 0.25) is 5.91 Å². The van der Waals surface area contributed by atoms with Crippen molar-refractivity contribution in [2.75, 3.05) is 19.6 Å². The second kappa shape index (κ2) is 7.81. The normalized spacial score (nSPS) is 17.2. The van der Waals surface area contributed by atoms with Gasteiger partial charge in [-0.25, -0.2) is 4.79 Å². The quantitative estimate of drug-likeness (QED) is 0.734. The zero-order valence-corrected chi connectivity index (χ0v) is 16.5. The van der Waals surface area contributed by atoms with Gasteiger partial charge in [-0.2, -0.15) is 0 Å². The van der Waals surface area contributed by atoms with E-state index in [4.69, 9.17) is 11.6 Å². The maximum Gasteiger partial charge on any atom is 0.328 e. The summed E-state index contributed by atoms with van der Waals surface area (Å²) in [5, 5.41) is 4.02. The molecule has 1 amide bonds. The summed E-state index contributed by atoms with van der Waals surface area (Å²) in [5.41, 5.74) is 2.66. The van der Waals surface area contributed by atoms with Crippen LogP contribution in [0.2, 0.25) is 5.02 Å². The van der Waals surface area contributed by atoms with Crippen LogP contribution in [0.4, 0.5) is 0 Å². The molecule has 1 N–H and O–H groups in total. The highest BCUT2D eigenvalue weighted by Crippen LogP contribution is 2.25. The number of hydrogen-bond donors (Lipinski definition) is 1. The molecule has 1 aliphatic rings. The summed E-state index contributed by atoms with van der Waals surface area (Å²) in [6.07, 6.45) is 0.283. The molecule has 7 heteroatoms. The van der Waals surface area contributed by atoms with Crippen molar-refractivity contribution in [2.45, 2.75) is 19.0 Å². The van der Waals surface area contributed by atoms with Gasteiger partial charge in [-0.05, 0) is 29.8 Å². The monoisotopic (exact) mass is 398 g/mol. The predicted octanol–water partition coefficient (Wildman–Crippen LogP) is 2.56. The molecule has 0 bridgehead atoms. The maximum atomic E-state index is 13.0. The first-order valence-electron chi connectivity index (χ1n) is 9.46. The number of carbonyl (C=O) groups is 1. The number of halogens is 1. The molecule has 1 saturated heterocycles. The van der Waals surface area contributed by atoms with Crippen molar-refractivity contribution >= 4 is 28.5 Å². The number of nitrogens with zero attached hydrogens (tertiary/aromatic N) is 3. The Balaban J connectivity index is 1.55. The molecular weight excluding hydrogens is 376 g/mol. The SMILES string of the molecule is Cn1c(=O)n(CCC(=O)N2CCNCC2c2cccc(Cl)c2)c2ccccc21. The number of carbonyl (C=O) groups excluding carboxylic acids is 1. The number of rotatable bonds is 4. The Hall–Kier alpha value is -2.57. The van der Waals surface area contributed by atoms with E-state index in [0.717, 1.165) is 23.1 Å². The number of imidazole rings is 1. The molecule has 1 aromatic heterocycles. The summed E-state index contributed by atoms with van der Waals surface area (Å²) < 4.78 is 3.31. The van der Waals surface area contributed by atoms with Gasteiger partial charge in [0.05, 0.1) is 17.1 Å². The van der Waals surface area contributed by atoms with Gasteiger partial charge in [-0.3, -0.25) is 13.9 Å². The van der Waals surface area contributed by atoms with E-state index in [9.17, 15) is 9.59 Å². The molecule has 4 rings (SSSR count). The molecule has 0 aliphatic carbocycles. The number of para-hydroxylation sites is 2. The summed E-state index contributed by atoms with van der Waals surface area (Å²) in [6, 6.07) is 15.3. The smallest absolute Gasteiger partial charge is 0.328 e. The van der Waals surface area contributed by atoms with E-state index in [1.165, 1.54) is 0 Å². The number of amides is 1. The van der Waals surface area contributed by atoms with Crippen molar-refractivity contribution in [3.8, 4) is 0 Å². The van der Waals surface area contributed by atoms with Crippen molar-refractivity contribution in [2.24, 2.45) is 7.05 Å². The van der Waals surface area contributed by atoms with Crippen LogP contribution in [0.3, 0.4) is 0 Å². The van der Waals surface area contributed by atoms with Crippen molar-refractivity contribution in [1.29, 1.82) is 0 Å². The summed E-state index contributed by atoms with van der Waals surface area (Å²) in [4.78, 5) is 27.5. The Morgan fingerprint density at radius 2 is 1.96 bits per heavy atom. The highest BCUT2D eigenvalue weighted by atomic mass is 35.5. The first-order chi connectivity index (χ1) is 13.6. The van der Waals surface area contributed by atoms with Crippen LogP contribution in [-0.4, -0.2) is 39.6 Å². The molecule has 1 fully saturated rings. The average molecular weight is 399 g/mol. The standard InChI is InChI=1S/C21H23ClN4O2/c1-24-17-7-2-3-8-18(17)26(21(24)28)11-9-20(27)25-12-10-23-14-19(25)15-5-4-6-16(22)13-15/h2-8,13,19,23H,9-12,14H2,1H3. The first-order valence-corrected chi connectivity index (χ1v) is 9.84. The Labute approximate surface area is 168 Å². The molecule has 146 valence electrons. The largest absolute Gasteiger partial charge is 0.333 e. The third-order valence-electron chi connectivity index (χ3n) is 5.40. The molecule has 3 aromatic rings. The molecule has 6 nitrogen and oxygen atoms in total. The van der Waals surface area contributed by atoms with Gasteiger partial charge in [-0.15, -0.1) is 0 Å². The Bertz CT molecular complexity index is 1070. The lowest BCUT2D eigenvalue weighted by Gasteiger charge is -2.36. The van der Waals surface area contributed by atoms with Gasteiger partial charge in [0.25, 0.3) is 0 Å². The van der Waals surface area contributed by atoms with Crippen LogP contribution < -0.4 is 11.0 Å². The molecule has 0 spiro atoms. The molecule has 28 heavy (non-hydrogen) atoms. The van der Waals surface area contributed by atoms with Crippen LogP contribution >= 0.6 is 11.6 Å². The second-order valence-electron chi connectivity index (χ2n) is 7.09. The van der Waals surface area contributed by atoms with Crippen molar-refractivity contribution < 1.29 is 4.79 Å². The Morgan fingerprint density at radius 3 is 2.75 bits per heavy atom. The number of piperazine rings is 1. The van der Waals surface area contributed by atoms with Crippen LogP contribution in [0.5, 0.6) is 0 Å². The first kappa shape index (κ1) is 18.8. The topological polar surface area (TPSA) is 59.3 Å². The summed E-state index contributed by atoms with van der Waals surface area (Å²) in [7, 11) is 1.76. The second-order valence-corrected chi connectivity index (χ2v) is 7.53. The molecular formula is C21H23ClN4O2. The van der Waals surface area contributed by atoms with Gasteiger partial charge in [0.15, 0.2) is 0 Å². The summed E-state index contributed by atoms with van der Waals surface area (Å²) >= 11 is 6.14. The van der Waals surface area contributed by atoms with Gasteiger partial charge >= 0.3 is 5.69 Å². The highest BCUT2D eigenvalue weighted by Gasteiger charge is 2.28. The minimum atomic E-state index is -0.0966. The van der Waals surface area contributed by atoms with Crippen molar-refractivity contribution in [3.05, 3.63) is 69.6 Å². The van der Waals surface area contributed by atoms with Crippen LogP contribution in [-0.2, 0) is 18.4 Å². The highest BCUT2D eigenvalue weighted by molar-refractivity contribution is 6.30. The fraction of sp³-hybridized carbons (Fsp3) is 0.333. The van der Waals surface area contributed by atoms with Crippen LogP contribution in [0.15, 0.2) is 53.3 Å². The molecule has 0 saturated carbocycles. The predicted molar refractivity (Wildman–Crippen MR) is 111 cm³/mol. The molecule has 1 aliphatic heterocycles. The van der Waals surface area contributed by atoms with Crippen LogP contribution in [0, 0.1) is 0 Å². The van der Waals surface area contributed by atoms with Gasteiger partial charge in [0.1, 0.15) is 0 Å². The zero-order valence-electron chi connectivity index (χ0n) is 15.8. The van der Waals surface area contributed by atoms with E-state index in [0.29, 0.717) is 24.7 Å². The number of hydrogen-bond acceptors (Lipinski definition) is 3. The van der Waals surface area contributed by atoms with Gasteiger partial charge in [0, 0.05) is 44.7 Å². The van der Waals surface area contributed by atoms with Gasteiger partial charge < -0.3 is 10.2 Å². The van der Waals surface area contributed by atoms with Crippen molar-refractivity contribution in [1.82, 2.24) is 19.4 Å². The Kier molecular flexibility index (Phi) is 5.24. The minimum Gasteiger partial charge on any atom is -0.333 e. The van der Waals surface area contributed by atoms with Crippen molar-refractivity contribution in [3.63, 3.8) is 0 Å². The molecule has 2 aromatic carbocycles. The lowest BCUT2D eigenvalue weighted by molar-refractivity contribution is -0.134. The lowest BCUT2D eigenvalue weighted by Crippen LogP contribution is -2.49. The number of nitrogens with one attached hydrogen (secondary N) is 1. The van der Waals surface area contributed by atoms with E-state index in [1.54, 1.807) is 16.2 Å². The van der Waals surface area contributed by atoms with E-state index in [-0.39, 0.29) is 24.1 Å². The third-order valence-corrected chi connectivity index (χ3v) is 5.63. The average Bonchev–Trinajstić information content (AvgIpc) is 2.96. The van der Waals surface area contributed by atoms with Crippen LogP contribution in [0.1, 0.15) is 18.0 Å². The van der Waals surface area contributed by atoms with E-state index in [1.807, 2.05) is 53.4 Å². The fourth-order valence-electron chi connectivity index (χ4n) is 3.94. The van der Waals surface area contributed by atoms with E-state index < -0.39 is 0 Å². The molecule has 0 radical (unpaired) electrons.